The van der Waals surface area contributed by atoms with E-state index in [1.165, 1.54) is 12.3 Å². The molecule has 31 heavy (non-hydrogen) atoms. The summed E-state index contributed by atoms with van der Waals surface area (Å²) in [4.78, 5) is 38.0. The van der Waals surface area contributed by atoms with Gasteiger partial charge in [0.25, 0.3) is 5.91 Å². The number of halogens is 4. The Morgan fingerprint density at radius 1 is 1.19 bits per heavy atom. The molecule has 1 aliphatic carbocycles. The Hall–Kier alpha value is -2.95. The molecule has 1 atom stereocenters. The highest BCUT2D eigenvalue weighted by atomic mass is 35.5. The van der Waals surface area contributed by atoms with Crippen molar-refractivity contribution < 1.29 is 22.8 Å². The second kappa shape index (κ2) is 8.29. The van der Waals surface area contributed by atoms with E-state index in [9.17, 15) is 22.8 Å². The third kappa shape index (κ3) is 5.04. The van der Waals surface area contributed by atoms with E-state index >= 15 is 0 Å². The monoisotopic (exact) mass is 454 g/mol. The van der Waals surface area contributed by atoms with Gasteiger partial charge < -0.3 is 10.2 Å². The number of nitrogens with one attached hydrogen (secondary N) is 2. The van der Waals surface area contributed by atoms with Crippen LogP contribution >= 0.6 is 11.6 Å². The quantitative estimate of drug-likeness (QED) is 0.720. The number of nitrogens with zero attached hydrogens (tertiary/aromatic N) is 4. The average molecular weight is 455 g/mol. The highest BCUT2D eigenvalue weighted by Crippen LogP contribution is 2.34. The lowest BCUT2D eigenvalue weighted by molar-refractivity contribution is -0.137. The third-order valence-electron chi connectivity index (χ3n) is 5.04. The summed E-state index contributed by atoms with van der Waals surface area (Å²) in [5.41, 5.74) is -0.816. The van der Waals surface area contributed by atoms with Crippen molar-refractivity contribution >= 4 is 35.2 Å². The van der Waals surface area contributed by atoms with Crippen LogP contribution in [-0.2, 0) is 11.0 Å². The van der Waals surface area contributed by atoms with Crippen LogP contribution in [0.1, 0.15) is 35.3 Å². The second-order valence-corrected chi connectivity index (χ2v) is 7.87. The van der Waals surface area contributed by atoms with E-state index in [2.05, 4.69) is 25.6 Å². The molecule has 2 aromatic heterocycles. The van der Waals surface area contributed by atoms with Crippen molar-refractivity contribution in [3.8, 4) is 0 Å². The Bertz CT molecular complexity index is 1010. The SMILES string of the molecule is O=C(N[C@@H]1CCN(c2ncc(C(F)(F)F)cc2Cl)C1)c1ccnc(NC(=O)C2CC2)n1. The number of pyridine rings is 1. The predicted molar refractivity (Wildman–Crippen MR) is 106 cm³/mol. The zero-order chi connectivity index (χ0) is 22.2. The van der Waals surface area contributed by atoms with Gasteiger partial charge in [-0.25, -0.2) is 15.0 Å². The van der Waals surface area contributed by atoms with Crippen LogP contribution in [0.2, 0.25) is 5.02 Å². The molecule has 2 aliphatic rings. The number of hydrogen-bond donors (Lipinski definition) is 2. The van der Waals surface area contributed by atoms with Crippen LogP contribution in [0.25, 0.3) is 0 Å². The fourth-order valence-electron chi connectivity index (χ4n) is 3.25. The van der Waals surface area contributed by atoms with Gasteiger partial charge in [0.2, 0.25) is 11.9 Å². The van der Waals surface area contributed by atoms with Crippen molar-refractivity contribution in [2.75, 3.05) is 23.3 Å². The topological polar surface area (TPSA) is 100 Å². The molecule has 0 bridgehead atoms. The molecule has 0 aromatic carbocycles. The Labute approximate surface area is 180 Å². The van der Waals surface area contributed by atoms with Crippen LogP contribution in [0.15, 0.2) is 24.5 Å². The minimum atomic E-state index is -4.52. The summed E-state index contributed by atoms with van der Waals surface area (Å²) in [6.07, 6.45) is -0.168. The number of rotatable bonds is 5. The second-order valence-electron chi connectivity index (χ2n) is 7.46. The fourth-order valence-corrected chi connectivity index (χ4v) is 3.54. The highest BCUT2D eigenvalue weighted by Gasteiger charge is 2.33. The molecule has 0 unspecified atom stereocenters. The van der Waals surface area contributed by atoms with Crippen LogP contribution < -0.4 is 15.5 Å². The van der Waals surface area contributed by atoms with E-state index in [1.807, 2.05) is 0 Å². The summed E-state index contributed by atoms with van der Waals surface area (Å²) < 4.78 is 38.4. The van der Waals surface area contributed by atoms with Gasteiger partial charge in [0, 0.05) is 37.4 Å². The Balaban J connectivity index is 1.37. The summed E-state index contributed by atoms with van der Waals surface area (Å²) in [5, 5.41) is 5.32. The van der Waals surface area contributed by atoms with Gasteiger partial charge in [0.05, 0.1) is 10.6 Å². The van der Waals surface area contributed by atoms with E-state index < -0.39 is 17.6 Å². The predicted octanol–water partition coefficient (Wildman–Crippen LogP) is 2.90. The summed E-state index contributed by atoms with van der Waals surface area (Å²) in [5.74, 6) is -0.319. The number of amides is 2. The van der Waals surface area contributed by atoms with Gasteiger partial charge in [-0.05, 0) is 31.4 Å². The summed E-state index contributed by atoms with van der Waals surface area (Å²) >= 11 is 6.01. The molecule has 2 aromatic rings. The standard InChI is InChI=1S/C19H18ClF3N6O2/c20-13-7-11(19(21,22)23)8-25-15(13)29-6-4-12(9-29)26-17(31)14-3-5-24-18(27-14)28-16(30)10-1-2-10/h3,5,7-8,10,12H,1-2,4,6,9H2,(H,26,31)(H,24,27,28,30)/t12-/m1/s1. The van der Waals surface area contributed by atoms with Crippen LogP contribution in [0.3, 0.4) is 0 Å². The minimum Gasteiger partial charge on any atom is -0.353 e. The van der Waals surface area contributed by atoms with Crippen LogP contribution in [0.4, 0.5) is 24.9 Å². The maximum absolute atomic E-state index is 12.8. The van der Waals surface area contributed by atoms with Gasteiger partial charge in [0.15, 0.2) is 0 Å². The molecule has 4 rings (SSSR count). The molecule has 3 heterocycles. The first-order valence-corrected chi connectivity index (χ1v) is 10.0. The van der Waals surface area contributed by atoms with Gasteiger partial charge in [-0.15, -0.1) is 0 Å². The molecule has 12 heteroatoms. The lowest BCUT2D eigenvalue weighted by atomic mass is 10.2. The zero-order valence-corrected chi connectivity index (χ0v) is 16.9. The summed E-state index contributed by atoms with van der Waals surface area (Å²) in [7, 11) is 0. The number of alkyl halides is 3. The van der Waals surface area contributed by atoms with Gasteiger partial charge in [-0.3, -0.25) is 14.9 Å². The Kier molecular flexibility index (Phi) is 5.69. The molecule has 2 amide bonds. The van der Waals surface area contributed by atoms with Crippen molar-refractivity contribution in [1.29, 1.82) is 0 Å². The highest BCUT2D eigenvalue weighted by molar-refractivity contribution is 6.33. The van der Waals surface area contributed by atoms with Crippen LogP contribution in [0.5, 0.6) is 0 Å². The smallest absolute Gasteiger partial charge is 0.353 e. The molecular formula is C19H18ClF3N6O2. The van der Waals surface area contributed by atoms with Gasteiger partial charge in [-0.2, -0.15) is 13.2 Å². The molecule has 1 aliphatic heterocycles. The first-order chi connectivity index (χ1) is 14.7. The third-order valence-corrected chi connectivity index (χ3v) is 5.32. The normalized spacial score (nSPS) is 18.7. The van der Waals surface area contributed by atoms with Gasteiger partial charge >= 0.3 is 6.18 Å². The molecule has 164 valence electrons. The first-order valence-electron chi connectivity index (χ1n) is 9.63. The summed E-state index contributed by atoms with van der Waals surface area (Å²) in [6.45, 7) is 0.801. The average Bonchev–Trinajstić information content (AvgIpc) is 3.47. The minimum absolute atomic E-state index is 0.0174. The van der Waals surface area contributed by atoms with E-state index in [0.29, 0.717) is 19.5 Å². The zero-order valence-electron chi connectivity index (χ0n) is 16.1. The Morgan fingerprint density at radius 2 is 1.97 bits per heavy atom. The van der Waals surface area contributed by atoms with E-state index in [1.54, 1.807) is 4.90 Å². The van der Waals surface area contributed by atoms with Crippen molar-refractivity contribution in [2.24, 2.45) is 5.92 Å². The van der Waals surface area contributed by atoms with Crippen molar-refractivity contribution in [3.63, 3.8) is 0 Å². The maximum atomic E-state index is 12.8. The van der Waals surface area contributed by atoms with Crippen molar-refractivity contribution in [2.45, 2.75) is 31.5 Å². The molecule has 2 fully saturated rings. The van der Waals surface area contributed by atoms with Crippen molar-refractivity contribution in [1.82, 2.24) is 20.3 Å². The van der Waals surface area contributed by atoms with Gasteiger partial charge in [0.1, 0.15) is 11.5 Å². The van der Waals surface area contributed by atoms with Crippen LogP contribution in [0, 0.1) is 5.92 Å². The number of carbonyl (C=O) groups excluding carboxylic acids is 2. The van der Waals surface area contributed by atoms with E-state index in [-0.39, 0.29) is 40.3 Å². The number of carbonyl (C=O) groups is 2. The molecule has 0 spiro atoms. The number of hydrogen-bond acceptors (Lipinski definition) is 6. The van der Waals surface area contributed by atoms with E-state index in [0.717, 1.165) is 25.1 Å². The Morgan fingerprint density at radius 3 is 2.65 bits per heavy atom. The molecular weight excluding hydrogens is 437 g/mol. The molecule has 0 radical (unpaired) electrons. The molecule has 1 saturated heterocycles. The number of anilines is 2. The maximum Gasteiger partial charge on any atom is 0.417 e. The lowest BCUT2D eigenvalue weighted by Gasteiger charge is -2.20. The molecule has 8 nitrogen and oxygen atoms in total. The summed E-state index contributed by atoms with van der Waals surface area (Å²) in [6, 6.07) is 2.00. The fraction of sp³-hybridized carbons (Fsp3) is 0.421. The van der Waals surface area contributed by atoms with Crippen molar-refractivity contribution in [3.05, 3.63) is 40.8 Å². The lowest BCUT2D eigenvalue weighted by Crippen LogP contribution is -2.37. The van der Waals surface area contributed by atoms with Crippen LogP contribution in [-0.4, -0.2) is 45.9 Å². The largest absolute Gasteiger partial charge is 0.417 e. The number of aromatic nitrogens is 3. The first kappa shape index (κ1) is 21.3. The molecule has 1 saturated carbocycles. The van der Waals surface area contributed by atoms with E-state index in [4.69, 9.17) is 11.6 Å². The molecule has 2 N–H and O–H groups in total. The van der Waals surface area contributed by atoms with Gasteiger partial charge in [-0.1, -0.05) is 11.6 Å².